The molecule has 0 bridgehead atoms. The Bertz CT molecular complexity index is 627. The van der Waals surface area contributed by atoms with E-state index in [-0.39, 0.29) is 29.3 Å². The zero-order valence-corrected chi connectivity index (χ0v) is 12.0. The molecule has 21 heavy (non-hydrogen) atoms. The van der Waals surface area contributed by atoms with Crippen LogP contribution in [0.1, 0.15) is 18.9 Å². The number of benzene rings is 1. The fraction of sp³-hybridized carbons (Fsp3) is 0.417. The van der Waals surface area contributed by atoms with Crippen molar-refractivity contribution in [3.8, 4) is 0 Å². The third-order valence-electron chi connectivity index (χ3n) is 2.73. The minimum Gasteiger partial charge on any atom is -0.397 e. The monoisotopic (exact) mass is 324 g/mol. The largest absolute Gasteiger partial charge is 0.416 e. The minimum atomic E-state index is -4.52. The minimum absolute atomic E-state index is 0.0156. The highest BCUT2D eigenvalue weighted by Crippen LogP contribution is 2.32. The molecule has 1 aromatic rings. The van der Waals surface area contributed by atoms with Crippen molar-refractivity contribution in [3.63, 3.8) is 0 Å². The highest BCUT2D eigenvalue weighted by atomic mass is 32.2. The lowest BCUT2D eigenvalue weighted by Gasteiger charge is -2.11. The maximum atomic E-state index is 12.4. The summed E-state index contributed by atoms with van der Waals surface area (Å²) >= 11 is 0. The van der Waals surface area contributed by atoms with E-state index in [1.807, 2.05) is 0 Å². The van der Waals surface area contributed by atoms with Gasteiger partial charge < -0.3 is 11.1 Å². The van der Waals surface area contributed by atoms with Gasteiger partial charge in [-0.2, -0.15) is 13.2 Å². The quantitative estimate of drug-likeness (QED) is 0.811. The Hall–Kier alpha value is -1.77. The lowest BCUT2D eigenvalue weighted by Crippen LogP contribution is -2.19. The summed E-state index contributed by atoms with van der Waals surface area (Å²) in [4.78, 5) is 11.6. The van der Waals surface area contributed by atoms with E-state index in [0.717, 1.165) is 12.1 Å². The summed E-state index contributed by atoms with van der Waals surface area (Å²) in [6.07, 6.45) is -4.80. The predicted octanol–water partition coefficient (Wildman–Crippen LogP) is 2.05. The number of nitrogens with two attached hydrogens (primary N) is 1. The summed E-state index contributed by atoms with van der Waals surface area (Å²) in [5.74, 6) is -1.03. The molecular formula is C12H15F3N2O3S. The van der Waals surface area contributed by atoms with Gasteiger partial charge in [0.15, 0.2) is 9.84 Å². The Kier molecular flexibility index (Phi) is 5.21. The van der Waals surface area contributed by atoms with Crippen LogP contribution < -0.4 is 11.1 Å². The molecule has 0 fully saturated rings. The van der Waals surface area contributed by atoms with Gasteiger partial charge in [0.05, 0.1) is 22.7 Å². The van der Waals surface area contributed by atoms with Crippen molar-refractivity contribution in [1.82, 2.24) is 0 Å². The van der Waals surface area contributed by atoms with Crippen LogP contribution in [0, 0.1) is 0 Å². The van der Waals surface area contributed by atoms with Crippen molar-refractivity contribution in [3.05, 3.63) is 23.8 Å². The highest BCUT2D eigenvalue weighted by molar-refractivity contribution is 7.91. The molecule has 3 N–H and O–H groups in total. The second-order valence-electron chi connectivity index (χ2n) is 4.33. The Morgan fingerprint density at radius 3 is 2.43 bits per heavy atom. The molecule has 0 unspecified atom stereocenters. The molecule has 1 rings (SSSR count). The van der Waals surface area contributed by atoms with Crippen LogP contribution in [0.3, 0.4) is 0 Å². The zero-order valence-electron chi connectivity index (χ0n) is 11.2. The van der Waals surface area contributed by atoms with E-state index in [1.54, 1.807) is 0 Å². The molecule has 0 saturated heterocycles. The van der Waals surface area contributed by atoms with E-state index in [0.29, 0.717) is 6.07 Å². The molecule has 118 valence electrons. The number of rotatable bonds is 5. The van der Waals surface area contributed by atoms with Gasteiger partial charge in [-0.3, -0.25) is 4.79 Å². The molecule has 0 aliphatic rings. The number of amides is 1. The van der Waals surface area contributed by atoms with E-state index >= 15 is 0 Å². The van der Waals surface area contributed by atoms with Crippen LogP contribution in [-0.2, 0) is 20.8 Å². The topological polar surface area (TPSA) is 89.3 Å². The van der Waals surface area contributed by atoms with Gasteiger partial charge in [0, 0.05) is 12.2 Å². The van der Waals surface area contributed by atoms with Crippen LogP contribution in [0.15, 0.2) is 18.2 Å². The fourth-order valence-electron chi connectivity index (χ4n) is 1.46. The van der Waals surface area contributed by atoms with Crippen LogP contribution in [-0.4, -0.2) is 25.8 Å². The van der Waals surface area contributed by atoms with Gasteiger partial charge in [0.1, 0.15) is 0 Å². The van der Waals surface area contributed by atoms with E-state index in [2.05, 4.69) is 5.32 Å². The van der Waals surface area contributed by atoms with Gasteiger partial charge >= 0.3 is 6.18 Å². The van der Waals surface area contributed by atoms with Gasteiger partial charge in [-0.25, -0.2) is 8.42 Å². The smallest absolute Gasteiger partial charge is 0.397 e. The van der Waals surface area contributed by atoms with Crippen molar-refractivity contribution < 1.29 is 26.4 Å². The predicted molar refractivity (Wildman–Crippen MR) is 73.4 cm³/mol. The first kappa shape index (κ1) is 17.3. The van der Waals surface area contributed by atoms with Gasteiger partial charge in [-0.05, 0) is 18.2 Å². The van der Waals surface area contributed by atoms with Crippen LogP contribution in [0.2, 0.25) is 0 Å². The van der Waals surface area contributed by atoms with Crippen molar-refractivity contribution in [2.45, 2.75) is 19.5 Å². The van der Waals surface area contributed by atoms with Crippen LogP contribution in [0.4, 0.5) is 24.5 Å². The lowest BCUT2D eigenvalue weighted by atomic mass is 10.1. The Morgan fingerprint density at radius 1 is 1.33 bits per heavy atom. The average Bonchev–Trinajstić information content (AvgIpc) is 2.38. The van der Waals surface area contributed by atoms with E-state index in [9.17, 15) is 26.4 Å². The number of hydrogen-bond donors (Lipinski definition) is 2. The van der Waals surface area contributed by atoms with E-state index in [4.69, 9.17) is 5.73 Å². The second kappa shape index (κ2) is 6.33. The number of nitrogen functional groups attached to an aromatic ring is 1. The van der Waals surface area contributed by atoms with Crippen molar-refractivity contribution in [1.29, 1.82) is 0 Å². The van der Waals surface area contributed by atoms with Gasteiger partial charge in [-0.1, -0.05) is 6.92 Å². The summed E-state index contributed by atoms with van der Waals surface area (Å²) in [7, 11) is -3.28. The summed E-state index contributed by atoms with van der Waals surface area (Å²) in [6, 6.07) is 2.53. The van der Waals surface area contributed by atoms with Gasteiger partial charge in [0.2, 0.25) is 5.91 Å². The maximum absolute atomic E-state index is 12.4. The first-order valence-electron chi connectivity index (χ1n) is 6.02. The summed E-state index contributed by atoms with van der Waals surface area (Å²) < 4.78 is 59.8. The lowest BCUT2D eigenvalue weighted by molar-refractivity contribution is -0.137. The van der Waals surface area contributed by atoms with E-state index in [1.165, 1.54) is 6.92 Å². The molecule has 9 heteroatoms. The molecule has 0 aliphatic carbocycles. The molecule has 0 atom stereocenters. The number of anilines is 2. The number of carbonyl (C=O) groups excluding carboxylic acids is 1. The third-order valence-corrected chi connectivity index (χ3v) is 4.44. The van der Waals surface area contributed by atoms with Crippen molar-refractivity contribution >= 4 is 27.1 Å². The first-order chi connectivity index (χ1) is 9.55. The molecule has 1 aromatic carbocycles. The standard InChI is InChI=1S/C12H15F3N2O3S/c1-2-21(19,20)6-5-11(18)17-10-4-3-8(7-9(10)16)12(13,14)15/h3-4,7H,2,5-6,16H2,1H3,(H,17,18). The maximum Gasteiger partial charge on any atom is 0.416 e. The highest BCUT2D eigenvalue weighted by Gasteiger charge is 2.30. The van der Waals surface area contributed by atoms with Crippen molar-refractivity contribution in [2.75, 3.05) is 22.6 Å². The third kappa shape index (κ3) is 5.25. The number of hydrogen-bond acceptors (Lipinski definition) is 4. The first-order valence-corrected chi connectivity index (χ1v) is 7.84. The summed E-state index contributed by atoms with van der Waals surface area (Å²) in [6.45, 7) is 1.46. The van der Waals surface area contributed by atoms with Gasteiger partial charge in [0.25, 0.3) is 0 Å². The fourth-order valence-corrected chi connectivity index (χ4v) is 2.24. The van der Waals surface area contributed by atoms with Crippen LogP contribution >= 0.6 is 0 Å². The van der Waals surface area contributed by atoms with Crippen LogP contribution in [0.25, 0.3) is 0 Å². The number of nitrogens with one attached hydrogen (secondary N) is 1. The van der Waals surface area contributed by atoms with Crippen molar-refractivity contribution in [2.24, 2.45) is 0 Å². The number of sulfone groups is 1. The molecule has 0 saturated carbocycles. The second-order valence-corrected chi connectivity index (χ2v) is 6.81. The average molecular weight is 324 g/mol. The summed E-state index contributed by atoms with van der Waals surface area (Å²) in [5, 5.41) is 2.29. The van der Waals surface area contributed by atoms with E-state index < -0.39 is 27.5 Å². The molecule has 0 spiro atoms. The van der Waals surface area contributed by atoms with Crippen LogP contribution in [0.5, 0.6) is 0 Å². The molecule has 0 heterocycles. The molecular weight excluding hydrogens is 309 g/mol. The van der Waals surface area contributed by atoms with Gasteiger partial charge in [-0.15, -0.1) is 0 Å². The zero-order chi connectivity index (χ0) is 16.3. The molecule has 0 aromatic heterocycles. The molecule has 5 nitrogen and oxygen atoms in total. The Balaban J connectivity index is 2.74. The number of halogens is 3. The molecule has 1 amide bonds. The number of carbonyl (C=O) groups is 1. The molecule has 0 aliphatic heterocycles. The summed E-state index contributed by atoms with van der Waals surface area (Å²) in [5.41, 5.74) is 4.29. The number of alkyl halides is 3. The SMILES string of the molecule is CCS(=O)(=O)CCC(=O)Nc1ccc(C(F)(F)F)cc1N. The molecule has 0 radical (unpaired) electrons. The normalized spacial score (nSPS) is 12.2. The Labute approximate surface area is 120 Å². The Morgan fingerprint density at radius 2 is 1.95 bits per heavy atom.